The van der Waals surface area contributed by atoms with Crippen LogP contribution < -0.4 is 5.32 Å². The van der Waals surface area contributed by atoms with Crippen LogP contribution >= 0.6 is 0 Å². The number of carbonyl (C=O) groups is 1. The third-order valence-corrected chi connectivity index (χ3v) is 3.87. The van der Waals surface area contributed by atoms with E-state index in [1.165, 1.54) is 0 Å². The van der Waals surface area contributed by atoms with Gasteiger partial charge in [0.15, 0.2) is 0 Å². The zero-order valence-corrected chi connectivity index (χ0v) is 12.9. The Balaban J connectivity index is 1.67. The quantitative estimate of drug-likeness (QED) is 0.758. The molecule has 0 saturated carbocycles. The number of nitrogens with zero attached hydrogens (tertiary/aromatic N) is 2. The van der Waals surface area contributed by atoms with E-state index in [1.54, 1.807) is 23.7 Å². The number of carbonyl (C=O) groups excluding carboxylic acids is 1. The van der Waals surface area contributed by atoms with Gasteiger partial charge in [-0.3, -0.25) is 9.20 Å². The molecule has 0 spiro atoms. The fourth-order valence-corrected chi connectivity index (χ4v) is 2.51. The van der Waals surface area contributed by atoms with Gasteiger partial charge in [-0.2, -0.15) is 0 Å². The van der Waals surface area contributed by atoms with E-state index < -0.39 is 6.10 Å². The van der Waals surface area contributed by atoms with Gasteiger partial charge in [-0.05, 0) is 24.6 Å². The van der Waals surface area contributed by atoms with Crippen molar-refractivity contribution in [3.05, 3.63) is 72.2 Å². The van der Waals surface area contributed by atoms with Crippen LogP contribution in [0.1, 0.15) is 23.0 Å². The van der Waals surface area contributed by atoms with Crippen molar-refractivity contribution in [1.82, 2.24) is 14.7 Å². The van der Waals surface area contributed by atoms with Crippen LogP contribution in [0.3, 0.4) is 0 Å². The standard InChI is InChI=1S/C18H19N3O2/c1-13(16(22)11-14-7-3-2-4-8-14)20-18(23)15-12-19-17-9-5-6-10-21(15)17/h2-10,12-13,16,22H,11H2,1H3,(H,20,23). The summed E-state index contributed by atoms with van der Waals surface area (Å²) >= 11 is 0. The van der Waals surface area contributed by atoms with E-state index in [-0.39, 0.29) is 11.9 Å². The zero-order valence-electron chi connectivity index (χ0n) is 12.9. The van der Waals surface area contributed by atoms with Crippen molar-refractivity contribution >= 4 is 11.6 Å². The minimum Gasteiger partial charge on any atom is -0.391 e. The Morgan fingerprint density at radius 3 is 2.74 bits per heavy atom. The Kier molecular flexibility index (Phi) is 4.39. The maximum Gasteiger partial charge on any atom is 0.270 e. The maximum absolute atomic E-state index is 12.4. The highest BCUT2D eigenvalue weighted by Crippen LogP contribution is 2.09. The normalized spacial score (nSPS) is 13.7. The zero-order chi connectivity index (χ0) is 16.2. The smallest absolute Gasteiger partial charge is 0.270 e. The number of fused-ring (bicyclic) bond motifs is 1. The van der Waals surface area contributed by atoms with Crippen LogP contribution in [0.2, 0.25) is 0 Å². The van der Waals surface area contributed by atoms with Gasteiger partial charge in [0, 0.05) is 12.6 Å². The molecular weight excluding hydrogens is 290 g/mol. The summed E-state index contributed by atoms with van der Waals surface area (Å²) in [6.45, 7) is 1.80. The van der Waals surface area contributed by atoms with Crippen molar-refractivity contribution in [2.75, 3.05) is 0 Å². The lowest BCUT2D eigenvalue weighted by Gasteiger charge is -2.20. The summed E-state index contributed by atoms with van der Waals surface area (Å²) in [6, 6.07) is 14.9. The number of aliphatic hydroxyl groups excluding tert-OH is 1. The largest absolute Gasteiger partial charge is 0.391 e. The number of hydrogen-bond donors (Lipinski definition) is 2. The van der Waals surface area contributed by atoms with Crippen molar-refractivity contribution in [2.45, 2.75) is 25.5 Å². The van der Waals surface area contributed by atoms with Crippen LogP contribution in [0.25, 0.3) is 5.65 Å². The van der Waals surface area contributed by atoms with Gasteiger partial charge >= 0.3 is 0 Å². The number of hydrogen-bond acceptors (Lipinski definition) is 3. The van der Waals surface area contributed by atoms with Gasteiger partial charge in [-0.25, -0.2) is 4.98 Å². The first kappa shape index (κ1) is 15.2. The summed E-state index contributed by atoms with van der Waals surface area (Å²) in [5, 5.41) is 13.1. The predicted octanol–water partition coefficient (Wildman–Crippen LogP) is 2.06. The second-order valence-electron chi connectivity index (χ2n) is 5.59. The Morgan fingerprint density at radius 2 is 1.96 bits per heavy atom. The second kappa shape index (κ2) is 6.62. The maximum atomic E-state index is 12.4. The van der Waals surface area contributed by atoms with Crippen LogP contribution in [-0.4, -0.2) is 32.5 Å². The summed E-state index contributed by atoms with van der Waals surface area (Å²) < 4.78 is 1.73. The fourth-order valence-electron chi connectivity index (χ4n) is 2.51. The lowest BCUT2D eigenvalue weighted by Crippen LogP contribution is -2.42. The summed E-state index contributed by atoms with van der Waals surface area (Å²) in [4.78, 5) is 16.6. The molecule has 23 heavy (non-hydrogen) atoms. The lowest BCUT2D eigenvalue weighted by atomic mass is 10.0. The summed E-state index contributed by atoms with van der Waals surface area (Å²) in [5.74, 6) is -0.247. The van der Waals surface area contributed by atoms with Gasteiger partial charge < -0.3 is 10.4 Å². The van der Waals surface area contributed by atoms with Crippen molar-refractivity contribution in [3.63, 3.8) is 0 Å². The molecule has 2 aromatic heterocycles. The number of aliphatic hydroxyl groups is 1. The molecule has 0 saturated heterocycles. The number of aromatic nitrogens is 2. The van der Waals surface area contributed by atoms with Gasteiger partial charge in [-0.15, -0.1) is 0 Å². The first-order valence-corrected chi connectivity index (χ1v) is 7.60. The van der Waals surface area contributed by atoms with Crippen LogP contribution in [0.15, 0.2) is 60.9 Å². The number of pyridine rings is 1. The molecule has 2 unspecified atom stereocenters. The number of amides is 1. The number of benzene rings is 1. The molecule has 0 aliphatic rings. The molecular formula is C18H19N3O2. The highest BCUT2D eigenvalue weighted by Gasteiger charge is 2.19. The van der Waals surface area contributed by atoms with Crippen LogP contribution in [0.4, 0.5) is 0 Å². The monoisotopic (exact) mass is 309 g/mol. The second-order valence-corrected chi connectivity index (χ2v) is 5.59. The molecule has 0 aliphatic heterocycles. The summed E-state index contributed by atoms with van der Waals surface area (Å²) in [5.41, 5.74) is 2.21. The molecule has 1 amide bonds. The highest BCUT2D eigenvalue weighted by atomic mass is 16.3. The molecule has 1 aromatic carbocycles. The lowest BCUT2D eigenvalue weighted by molar-refractivity contribution is 0.0846. The molecule has 118 valence electrons. The molecule has 0 aliphatic carbocycles. The molecule has 0 fully saturated rings. The first-order chi connectivity index (χ1) is 11.1. The van der Waals surface area contributed by atoms with E-state index in [9.17, 15) is 9.90 Å². The average molecular weight is 309 g/mol. The molecule has 5 heteroatoms. The van der Waals surface area contributed by atoms with Crippen molar-refractivity contribution < 1.29 is 9.90 Å². The minimum absolute atomic E-state index is 0.247. The third-order valence-electron chi connectivity index (χ3n) is 3.87. The Labute approximate surface area is 134 Å². The predicted molar refractivity (Wildman–Crippen MR) is 88.3 cm³/mol. The van der Waals surface area contributed by atoms with Gasteiger partial charge in [-0.1, -0.05) is 36.4 Å². The molecule has 2 heterocycles. The number of nitrogens with one attached hydrogen (secondary N) is 1. The van der Waals surface area contributed by atoms with E-state index in [1.807, 2.05) is 48.5 Å². The Morgan fingerprint density at radius 1 is 1.22 bits per heavy atom. The molecule has 3 aromatic rings. The van der Waals surface area contributed by atoms with E-state index in [0.717, 1.165) is 11.2 Å². The minimum atomic E-state index is -0.652. The molecule has 2 N–H and O–H groups in total. The van der Waals surface area contributed by atoms with Crippen molar-refractivity contribution in [2.24, 2.45) is 0 Å². The molecule has 5 nitrogen and oxygen atoms in total. The molecule has 0 bridgehead atoms. The number of rotatable bonds is 5. The average Bonchev–Trinajstić information content (AvgIpc) is 2.99. The summed E-state index contributed by atoms with van der Waals surface area (Å²) in [7, 11) is 0. The van der Waals surface area contributed by atoms with Crippen LogP contribution in [0.5, 0.6) is 0 Å². The van der Waals surface area contributed by atoms with Gasteiger partial charge in [0.25, 0.3) is 5.91 Å². The molecule has 0 radical (unpaired) electrons. The molecule has 3 rings (SSSR count). The first-order valence-electron chi connectivity index (χ1n) is 7.60. The van der Waals surface area contributed by atoms with Crippen LogP contribution in [0, 0.1) is 0 Å². The van der Waals surface area contributed by atoms with E-state index >= 15 is 0 Å². The van der Waals surface area contributed by atoms with Gasteiger partial charge in [0.1, 0.15) is 11.3 Å². The third kappa shape index (κ3) is 3.40. The molecule has 2 atom stereocenters. The topological polar surface area (TPSA) is 66.6 Å². The Bertz CT molecular complexity index is 798. The van der Waals surface area contributed by atoms with Gasteiger partial charge in [0.2, 0.25) is 0 Å². The van der Waals surface area contributed by atoms with E-state index in [2.05, 4.69) is 10.3 Å². The highest BCUT2D eigenvalue weighted by molar-refractivity contribution is 5.93. The summed E-state index contributed by atoms with van der Waals surface area (Å²) in [6.07, 6.45) is 3.18. The number of imidazole rings is 1. The van der Waals surface area contributed by atoms with E-state index in [0.29, 0.717) is 12.1 Å². The van der Waals surface area contributed by atoms with Crippen molar-refractivity contribution in [1.29, 1.82) is 0 Å². The SMILES string of the molecule is CC(NC(=O)c1cnc2ccccn12)C(O)Cc1ccccc1. The van der Waals surface area contributed by atoms with Crippen molar-refractivity contribution in [3.8, 4) is 0 Å². The van der Waals surface area contributed by atoms with Gasteiger partial charge in [0.05, 0.1) is 18.3 Å². The fraction of sp³-hybridized carbons (Fsp3) is 0.222. The van der Waals surface area contributed by atoms with Crippen LogP contribution in [-0.2, 0) is 6.42 Å². The Hall–Kier alpha value is -2.66. The van der Waals surface area contributed by atoms with E-state index in [4.69, 9.17) is 0 Å².